The average molecular weight is 332 g/mol. The molecule has 0 unspecified atom stereocenters. The van der Waals surface area contributed by atoms with Crippen molar-refractivity contribution in [2.45, 2.75) is 26.3 Å². The van der Waals surface area contributed by atoms with Crippen LogP contribution in [0.25, 0.3) is 0 Å². The van der Waals surface area contributed by atoms with Gasteiger partial charge in [-0.15, -0.1) is 0 Å². The number of anilines is 2. The van der Waals surface area contributed by atoms with E-state index in [1.54, 1.807) is 26.0 Å². The van der Waals surface area contributed by atoms with E-state index in [2.05, 4.69) is 5.32 Å². The van der Waals surface area contributed by atoms with Gasteiger partial charge in [-0.1, -0.05) is 13.8 Å². The molecule has 2 rings (SSSR count). The first-order valence-corrected chi connectivity index (χ1v) is 7.80. The molecular formula is C17H24N4O3. The largest absolute Gasteiger partial charge is 0.401 e. The fourth-order valence-corrected chi connectivity index (χ4v) is 2.30. The third-order valence-corrected chi connectivity index (χ3v) is 4.26. The number of hydrogen-bond donors (Lipinski definition) is 4. The summed E-state index contributed by atoms with van der Waals surface area (Å²) < 4.78 is 0. The summed E-state index contributed by atoms with van der Waals surface area (Å²) in [5, 5.41) is 11.6. The molecule has 7 heteroatoms. The van der Waals surface area contributed by atoms with Crippen molar-refractivity contribution in [3.05, 3.63) is 36.0 Å². The molecule has 7 nitrogen and oxygen atoms in total. The number of benzene rings is 1. The third kappa shape index (κ3) is 3.86. The lowest BCUT2D eigenvalue weighted by atomic mass is 9.90. The Morgan fingerprint density at radius 1 is 1.38 bits per heavy atom. The van der Waals surface area contributed by atoms with Crippen molar-refractivity contribution < 1.29 is 14.7 Å². The molecule has 0 aromatic heterocycles. The van der Waals surface area contributed by atoms with Crippen molar-refractivity contribution in [3.8, 4) is 0 Å². The first-order chi connectivity index (χ1) is 11.2. The van der Waals surface area contributed by atoms with Crippen molar-refractivity contribution in [2.24, 2.45) is 11.1 Å². The monoisotopic (exact) mass is 332 g/mol. The highest BCUT2D eigenvalue weighted by atomic mass is 16.3. The summed E-state index contributed by atoms with van der Waals surface area (Å²) in [5.41, 5.74) is 12.5. The van der Waals surface area contributed by atoms with Gasteiger partial charge in [-0.3, -0.25) is 14.9 Å². The van der Waals surface area contributed by atoms with E-state index < -0.39 is 17.4 Å². The van der Waals surface area contributed by atoms with Crippen molar-refractivity contribution >= 4 is 23.2 Å². The van der Waals surface area contributed by atoms with Gasteiger partial charge in [0.1, 0.15) is 6.04 Å². The molecule has 130 valence electrons. The summed E-state index contributed by atoms with van der Waals surface area (Å²) in [5.74, 6) is -0.947. The van der Waals surface area contributed by atoms with Gasteiger partial charge in [-0.05, 0) is 30.7 Å². The number of aliphatic hydroxyl groups excluding tert-OH is 1. The maximum atomic E-state index is 12.3. The number of hydrogen-bond acceptors (Lipinski definition) is 6. The number of imide groups is 1. The van der Waals surface area contributed by atoms with Gasteiger partial charge in [0, 0.05) is 35.1 Å². The summed E-state index contributed by atoms with van der Waals surface area (Å²) in [7, 11) is 0. The SMILES string of the molecule is CC(C)(CO)C(N)=CC(=O)NC(=O)[C@@H]1CCN1c1ccc(N)cc1. The first-order valence-electron chi connectivity index (χ1n) is 7.80. The zero-order valence-corrected chi connectivity index (χ0v) is 14.0. The van der Waals surface area contributed by atoms with E-state index in [9.17, 15) is 14.7 Å². The lowest BCUT2D eigenvalue weighted by Crippen LogP contribution is -2.57. The second-order valence-corrected chi connectivity index (χ2v) is 6.58. The van der Waals surface area contributed by atoms with E-state index >= 15 is 0 Å². The van der Waals surface area contributed by atoms with Crippen LogP contribution in [0, 0.1) is 5.41 Å². The van der Waals surface area contributed by atoms with Gasteiger partial charge < -0.3 is 21.5 Å². The van der Waals surface area contributed by atoms with Gasteiger partial charge in [0.2, 0.25) is 5.91 Å². The van der Waals surface area contributed by atoms with Crippen LogP contribution in [0.2, 0.25) is 0 Å². The number of nitrogens with one attached hydrogen (secondary N) is 1. The second kappa shape index (κ2) is 6.92. The maximum absolute atomic E-state index is 12.3. The summed E-state index contributed by atoms with van der Waals surface area (Å²) >= 11 is 0. The van der Waals surface area contributed by atoms with Gasteiger partial charge in [0.25, 0.3) is 5.91 Å². The van der Waals surface area contributed by atoms with Crippen LogP contribution in [-0.4, -0.2) is 36.1 Å². The molecule has 1 saturated heterocycles. The zero-order chi connectivity index (χ0) is 17.9. The van der Waals surface area contributed by atoms with Gasteiger partial charge in [0.05, 0.1) is 6.61 Å². The Bertz CT molecular complexity index is 652. The van der Waals surface area contributed by atoms with E-state index in [1.807, 2.05) is 17.0 Å². The molecule has 1 fully saturated rings. The van der Waals surface area contributed by atoms with Crippen molar-refractivity contribution in [3.63, 3.8) is 0 Å². The number of nitrogen functional groups attached to an aromatic ring is 1. The zero-order valence-electron chi connectivity index (χ0n) is 14.0. The Morgan fingerprint density at radius 2 is 2.00 bits per heavy atom. The van der Waals surface area contributed by atoms with E-state index in [0.717, 1.165) is 18.3 Å². The maximum Gasteiger partial charge on any atom is 0.252 e. The molecule has 0 saturated carbocycles. The van der Waals surface area contributed by atoms with E-state index in [0.29, 0.717) is 12.1 Å². The number of amides is 2. The van der Waals surface area contributed by atoms with Crippen LogP contribution in [0.3, 0.4) is 0 Å². The smallest absolute Gasteiger partial charge is 0.252 e. The summed E-state index contributed by atoms with van der Waals surface area (Å²) in [4.78, 5) is 26.1. The van der Waals surface area contributed by atoms with Crippen LogP contribution in [-0.2, 0) is 9.59 Å². The topological polar surface area (TPSA) is 122 Å². The molecule has 1 aromatic rings. The minimum atomic E-state index is -0.715. The first kappa shape index (κ1) is 17.8. The average Bonchev–Trinajstić information content (AvgIpc) is 2.47. The van der Waals surface area contributed by atoms with Crippen LogP contribution in [0.4, 0.5) is 11.4 Å². The Balaban J connectivity index is 1.98. The summed E-state index contributed by atoms with van der Waals surface area (Å²) in [6, 6.07) is 6.84. The van der Waals surface area contributed by atoms with Crippen LogP contribution in [0.5, 0.6) is 0 Å². The molecule has 0 bridgehead atoms. The molecule has 1 heterocycles. The Hall–Kier alpha value is -2.54. The third-order valence-electron chi connectivity index (χ3n) is 4.26. The molecule has 6 N–H and O–H groups in total. The number of carbonyl (C=O) groups is 2. The Kier molecular flexibility index (Phi) is 5.14. The van der Waals surface area contributed by atoms with Gasteiger partial charge in [-0.25, -0.2) is 0 Å². The number of nitrogens with zero attached hydrogens (tertiary/aromatic N) is 1. The molecule has 2 amide bonds. The Morgan fingerprint density at radius 3 is 2.50 bits per heavy atom. The van der Waals surface area contributed by atoms with Crippen molar-refractivity contribution in [1.29, 1.82) is 0 Å². The fraction of sp³-hybridized carbons (Fsp3) is 0.412. The lowest BCUT2D eigenvalue weighted by molar-refractivity contribution is -0.129. The highest BCUT2D eigenvalue weighted by molar-refractivity contribution is 6.04. The molecule has 0 radical (unpaired) electrons. The predicted molar refractivity (Wildman–Crippen MR) is 92.9 cm³/mol. The van der Waals surface area contributed by atoms with E-state index in [1.165, 1.54) is 0 Å². The van der Waals surface area contributed by atoms with Crippen LogP contribution in [0.1, 0.15) is 20.3 Å². The molecule has 1 aliphatic heterocycles. The molecule has 0 aliphatic carbocycles. The van der Waals surface area contributed by atoms with Crippen molar-refractivity contribution in [1.82, 2.24) is 5.32 Å². The summed E-state index contributed by atoms with van der Waals surface area (Å²) in [6.07, 6.45) is 1.82. The number of nitrogens with two attached hydrogens (primary N) is 2. The number of aliphatic hydroxyl groups is 1. The number of rotatable bonds is 5. The van der Waals surface area contributed by atoms with E-state index in [-0.39, 0.29) is 18.2 Å². The minimum absolute atomic E-state index is 0.190. The van der Waals surface area contributed by atoms with Crippen molar-refractivity contribution in [2.75, 3.05) is 23.8 Å². The van der Waals surface area contributed by atoms with E-state index in [4.69, 9.17) is 11.5 Å². The predicted octanol–water partition coefficient (Wildman–Crippen LogP) is 0.351. The molecule has 1 atom stereocenters. The quantitative estimate of drug-likeness (QED) is 0.456. The highest BCUT2D eigenvalue weighted by Crippen LogP contribution is 2.27. The second-order valence-electron chi connectivity index (χ2n) is 6.58. The van der Waals surface area contributed by atoms with Gasteiger partial charge in [0.15, 0.2) is 0 Å². The molecule has 1 aliphatic rings. The highest BCUT2D eigenvalue weighted by Gasteiger charge is 2.35. The Labute approximate surface area is 141 Å². The molecule has 0 spiro atoms. The molecular weight excluding hydrogens is 308 g/mol. The molecule has 1 aromatic carbocycles. The normalized spacial score (nSPS) is 18.0. The summed E-state index contributed by atoms with van der Waals surface area (Å²) in [6.45, 7) is 3.97. The standard InChI is InChI=1S/C17H24N4O3/c1-17(2,10-22)14(19)9-15(23)20-16(24)13-7-8-21(13)12-5-3-11(18)4-6-12/h3-6,9,13,22H,7-8,10,18-19H2,1-2H3,(H,20,23,24)/t13-/m0/s1. The van der Waals surface area contributed by atoms with Crippen LogP contribution >= 0.6 is 0 Å². The van der Waals surface area contributed by atoms with Gasteiger partial charge >= 0.3 is 0 Å². The van der Waals surface area contributed by atoms with Crippen LogP contribution in [0.15, 0.2) is 36.0 Å². The lowest BCUT2D eigenvalue weighted by Gasteiger charge is -2.41. The van der Waals surface area contributed by atoms with Gasteiger partial charge in [-0.2, -0.15) is 0 Å². The number of carbonyl (C=O) groups excluding carboxylic acids is 2. The fourth-order valence-electron chi connectivity index (χ4n) is 2.30. The van der Waals surface area contributed by atoms with Crippen LogP contribution < -0.4 is 21.7 Å². The molecule has 24 heavy (non-hydrogen) atoms. The minimum Gasteiger partial charge on any atom is -0.401 e.